The van der Waals surface area contributed by atoms with Gasteiger partial charge >= 0.3 is 0 Å². The van der Waals surface area contributed by atoms with Crippen LogP contribution in [0.2, 0.25) is 0 Å². The fraction of sp³-hybridized carbons (Fsp3) is 0.562. The van der Waals surface area contributed by atoms with Crippen LogP contribution in [0.3, 0.4) is 0 Å². The van der Waals surface area contributed by atoms with Crippen molar-refractivity contribution in [2.75, 3.05) is 32.8 Å². The first-order valence-corrected chi connectivity index (χ1v) is 7.43. The van der Waals surface area contributed by atoms with Crippen LogP contribution in [0.25, 0.3) is 0 Å². The Hall–Kier alpha value is -1.46. The maximum absolute atomic E-state index is 13.5. The highest BCUT2D eigenvalue weighted by molar-refractivity contribution is 5.76. The van der Waals surface area contributed by atoms with Gasteiger partial charge < -0.3 is 15.0 Å². The van der Waals surface area contributed by atoms with Gasteiger partial charge in [0.05, 0.1) is 13.2 Å². The Morgan fingerprint density at radius 3 is 2.81 bits per heavy atom. The number of halogens is 1. The zero-order chi connectivity index (χ0) is 15.2. The van der Waals surface area contributed by atoms with Crippen LogP contribution >= 0.6 is 0 Å². The summed E-state index contributed by atoms with van der Waals surface area (Å²) in [5, 5.41) is 3.27. The number of carbonyl (C=O) groups excluding carboxylic acids is 1. The standard InChI is InChI=1S/C16H23FN2O2/c1-12-3-4-14(11-15(12)17)13(2)18-6-5-16(20)19-7-9-21-10-8-19/h3-4,11,13,18H,5-10H2,1-2H3. The monoisotopic (exact) mass is 294 g/mol. The normalized spacial score (nSPS) is 16.8. The second-order valence-electron chi connectivity index (χ2n) is 5.43. The second kappa shape index (κ2) is 7.52. The summed E-state index contributed by atoms with van der Waals surface area (Å²) in [4.78, 5) is 13.8. The van der Waals surface area contributed by atoms with Crippen molar-refractivity contribution in [3.8, 4) is 0 Å². The van der Waals surface area contributed by atoms with Crippen molar-refractivity contribution in [2.45, 2.75) is 26.3 Å². The van der Waals surface area contributed by atoms with Gasteiger partial charge in [-0.15, -0.1) is 0 Å². The quantitative estimate of drug-likeness (QED) is 0.903. The van der Waals surface area contributed by atoms with Crippen LogP contribution in [0.15, 0.2) is 18.2 Å². The van der Waals surface area contributed by atoms with Crippen LogP contribution in [0.4, 0.5) is 4.39 Å². The van der Waals surface area contributed by atoms with Crippen molar-refractivity contribution < 1.29 is 13.9 Å². The van der Waals surface area contributed by atoms with E-state index in [4.69, 9.17) is 4.74 Å². The average Bonchev–Trinajstić information content (AvgIpc) is 2.50. The second-order valence-corrected chi connectivity index (χ2v) is 5.43. The molecule has 116 valence electrons. The highest BCUT2D eigenvalue weighted by Crippen LogP contribution is 2.16. The predicted octanol–water partition coefficient (Wildman–Crippen LogP) is 2.03. The van der Waals surface area contributed by atoms with Crippen LogP contribution in [0.5, 0.6) is 0 Å². The molecule has 1 unspecified atom stereocenters. The molecule has 0 bridgehead atoms. The molecule has 1 N–H and O–H groups in total. The van der Waals surface area contributed by atoms with E-state index in [1.165, 1.54) is 0 Å². The van der Waals surface area contributed by atoms with E-state index in [1.807, 2.05) is 17.9 Å². The maximum atomic E-state index is 13.5. The molecule has 0 aromatic heterocycles. The van der Waals surface area contributed by atoms with Crippen molar-refractivity contribution >= 4 is 5.91 Å². The molecule has 1 aromatic carbocycles. The Kier molecular flexibility index (Phi) is 5.70. The van der Waals surface area contributed by atoms with Crippen molar-refractivity contribution in [1.29, 1.82) is 0 Å². The van der Waals surface area contributed by atoms with E-state index in [2.05, 4.69) is 5.32 Å². The minimum Gasteiger partial charge on any atom is -0.378 e. The smallest absolute Gasteiger partial charge is 0.224 e. The minimum absolute atomic E-state index is 0.0255. The van der Waals surface area contributed by atoms with E-state index in [0.29, 0.717) is 44.8 Å². The van der Waals surface area contributed by atoms with Gasteiger partial charge in [0.15, 0.2) is 0 Å². The highest BCUT2D eigenvalue weighted by Gasteiger charge is 2.16. The topological polar surface area (TPSA) is 41.6 Å². The Morgan fingerprint density at radius 1 is 1.43 bits per heavy atom. The summed E-state index contributed by atoms with van der Waals surface area (Å²) < 4.78 is 18.8. The van der Waals surface area contributed by atoms with Gasteiger partial charge in [0, 0.05) is 32.1 Å². The Morgan fingerprint density at radius 2 is 2.14 bits per heavy atom. The molecular formula is C16H23FN2O2. The number of hydrogen-bond acceptors (Lipinski definition) is 3. The molecule has 0 saturated carbocycles. The number of ether oxygens (including phenoxy) is 1. The molecule has 0 radical (unpaired) electrons. The predicted molar refractivity (Wildman–Crippen MR) is 79.6 cm³/mol. The fourth-order valence-electron chi connectivity index (χ4n) is 2.36. The molecule has 1 amide bonds. The zero-order valence-corrected chi connectivity index (χ0v) is 12.7. The third kappa shape index (κ3) is 4.51. The number of carbonyl (C=O) groups is 1. The molecular weight excluding hydrogens is 271 g/mol. The van der Waals surface area contributed by atoms with Gasteiger partial charge in [-0.05, 0) is 31.0 Å². The molecule has 0 spiro atoms. The van der Waals surface area contributed by atoms with Crippen molar-refractivity contribution in [3.63, 3.8) is 0 Å². The first-order valence-electron chi connectivity index (χ1n) is 7.43. The molecule has 1 saturated heterocycles. The van der Waals surface area contributed by atoms with Gasteiger partial charge in [-0.2, -0.15) is 0 Å². The number of amides is 1. The molecule has 1 aliphatic rings. The number of hydrogen-bond donors (Lipinski definition) is 1. The molecule has 0 aliphatic carbocycles. The van der Waals surface area contributed by atoms with Crippen LogP contribution < -0.4 is 5.32 Å². The number of rotatable bonds is 5. The van der Waals surface area contributed by atoms with Crippen molar-refractivity contribution in [2.24, 2.45) is 0 Å². The Balaban J connectivity index is 1.76. The Labute approximate surface area is 125 Å². The summed E-state index contributed by atoms with van der Waals surface area (Å²) in [5.74, 6) is -0.0429. The van der Waals surface area contributed by atoms with Crippen LogP contribution in [0, 0.1) is 12.7 Å². The summed E-state index contributed by atoms with van der Waals surface area (Å²) >= 11 is 0. The van der Waals surface area contributed by atoms with Gasteiger partial charge in [0.1, 0.15) is 5.82 Å². The molecule has 1 aromatic rings. The lowest BCUT2D eigenvalue weighted by Gasteiger charge is -2.27. The first-order chi connectivity index (χ1) is 10.1. The summed E-state index contributed by atoms with van der Waals surface area (Å²) in [5.41, 5.74) is 1.55. The average molecular weight is 294 g/mol. The van der Waals surface area contributed by atoms with Crippen molar-refractivity contribution in [3.05, 3.63) is 35.1 Å². The number of benzene rings is 1. The van der Waals surface area contributed by atoms with Gasteiger partial charge in [-0.3, -0.25) is 4.79 Å². The molecule has 5 heteroatoms. The van der Waals surface area contributed by atoms with Crippen LogP contribution in [-0.2, 0) is 9.53 Å². The van der Waals surface area contributed by atoms with E-state index in [9.17, 15) is 9.18 Å². The molecule has 1 fully saturated rings. The lowest BCUT2D eigenvalue weighted by Crippen LogP contribution is -2.41. The van der Waals surface area contributed by atoms with Gasteiger partial charge in [0.25, 0.3) is 0 Å². The van der Waals surface area contributed by atoms with Gasteiger partial charge in [-0.25, -0.2) is 4.39 Å². The van der Waals surface area contributed by atoms with E-state index >= 15 is 0 Å². The van der Waals surface area contributed by atoms with Crippen LogP contribution in [-0.4, -0.2) is 43.7 Å². The molecule has 1 aliphatic heterocycles. The number of aryl methyl sites for hydroxylation is 1. The summed E-state index contributed by atoms with van der Waals surface area (Å²) in [6, 6.07) is 5.27. The van der Waals surface area contributed by atoms with Crippen molar-refractivity contribution in [1.82, 2.24) is 10.2 Å². The lowest BCUT2D eigenvalue weighted by atomic mass is 10.1. The first kappa shape index (κ1) is 15.9. The molecule has 2 rings (SSSR count). The maximum Gasteiger partial charge on any atom is 0.224 e. The van der Waals surface area contributed by atoms with E-state index in [0.717, 1.165) is 5.56 Å². The number of nitrogens with one attached hydrogen (secondary N) is 1. The zero-order valence-electron chi connectivity index (χ0n) is 12.7. The molecule has 4 nitrogen and oxygen atoms in total. The summed E-state index contributed by atoms with van der Waals surface area (Å²) in [6.45, 7) is 6.92. The third-order valence-electron chi connectivity index (χ3n) is 3.85. The van der Waals surface area contributed by atoms with Gasteiger partial charge in [-0.1, -0.05) is 12.1 Å². The van der Waals surface area contributed by atoms with Crippen LogP contribution in [0.1, 0.15) is 30.5 Å². The number of morpholine rings is 1. The minimum atomic E-state index is -0.189. The van der Waals surface area contributed by atoms with Gasteiger partial charge in [0.2, 0.25) is 5.91 Å². The molecule has 21 heavy (non-hydrogen) atoms. The highest BCUT2D eigenvalue weighted by atomic mass is 19.1. The largest absolute Gasteiger partial charge is 0.378 e. The summed E-state index contributed by atoms with van der Waals surface area (Å²) in [6.07, 6.45) is 0.457. The number of nitrogens with zero attached hydrogens (tertiary/aromatic N) is 1. The SMILES string of the molecule is Cc1ccc(C(C)NCCC(=O)N2CCOCC2)cc1F. The lowest BCUT2D eigenvalue weighted by molar-refractivity contribution is -0.135. The fourth-order valence-corrected chi connectivity index (χ4v) is 2.36. The Bertz CT molecular complexity index is 487. The third-order valence-corrected chi connectivity index (χ3v) is 3.85. The molecule has 1 heterocycles. The molecule has 1 atom stereocenters. The van der Waals surface area contributed by atoms with E-state index in [-0.39, 0.29) is 17.8 Å². The summed E-state index contributed by atoms with van der Waals surface area (Å²) in [7, 11) is 0. The van der Waals surface area contributed by atoms with E-state index in [1.54, 1.807) is 19.1 Å². The van der Waals surface area contributed by atoms with E-state index < -0.39 is 0 Å².